The molecule has 0 aliphatic carbocycles. The number of benzene rings is 2. The molecule has 2 N–H and O–H groups in total. The van der Waals surface area contributed by atoms with Crippen LogP contribution in [-0.2, 0) is 9.59 Å². The van der Waals surface area contributed by atoms with Gasteiger partial charge in [-0.1, -0.05) is 18.2 Å². The summed E-state index contributed by atoms with van der Waals surface area (Å²) in [7, 11) is 0. The summed E-state index contributed by atoms with van der Waals surface area (Å²) in [5.41, 5.74) is -0.378. The largest absolute Gasteiger partial charge is 0.457 e. The summed E-state index contributed by atoms with van der Waals surface area (Å²) in [6.45, 7) is -0.518. The SMILES string of the molecule is O=C1C=C(Nc2ccc(Oc3ccccc3)cc2[N+](=O)[O-])C(=O)N1CCO. The van der Waals surface area contributed by atoms with E-state index >= 15 is 0 Å². The molecule has 3 rings (SSSR count). The van der Waals surface area contributed by atoms with Gasteiger partial charge in [-0.05, 0) is 24.3 Å². The number of carbonyl (C=O) groups excluding carboxylic acids is 2. The number of hydrogen-bond acceptors (Lipinski definition) is 7. The topological polar surface area (TPSA) is 122 Å². The van der Waals surface area contributed by atoms with Crippen LogP contribution in [0.2, 0.25) is 0 Å². The van der Waals surface area contributed by atoms with Crippen LogP contribution in [0.5, 0.6) is 11.5 Å². The molecule has 2 aromatic rings. The number of nitro groups is 1. The average molecular weight is 369 g/mol. The van der Waals surface area contributed by atoms with Crippen LogP contribution in [0.3, 0.4) is 0 Å². The fraction of sp³-hybridized carbons (Fsp3) is 0.111. The zero-order valence-corrected chi connectivity index (χ0v) is 14.0. The molecule has 0 fully saturated rings. The second-order valence-corrected chi connectivity index (χ2v) is 5.55. The quantitative estimate of drug-likeness (QED) is 0.435. The van der Waals surface area contributed by atoms with Crippen LogP contribution in [0.25, 0.3) is 0 Å². The lowest BCUT2D eigenvalue weighted by molar-refractivity contribution is -0.384. The molecule has 0 spiro atoms. The van der Waals surface area contributed by atoms with Gasteiger partial charge < -0.3 is 15.2 Å². The van der Waals surface area contributed by atoms with Gasteiger partial charge in [0, 0.05) is 6.08 Å². The monoisotopic (exact) mass is 369 g/mol. The zero-order chi connectivity index (χ0) is 19.4. The van der Waals surface area contributed by atoms with Crippen molar-refractivity contribution in [2.24, 2.45) is 0 Å². The van der Waals surface area contributed by atoms with E-state index in [9.17, 15) is 19.7 Å². The van der Waals surface area contributed by atoms with Gasteiger partial charge in [0.25, 0.3) is 17.5 Å². The molecule has 0 unspecified atom stereocenters. The number of nitrogens with zero attached hydrogens (tertiary/aromatic N) is 2. The van der Waals surface area contributed by atoms with Gasteiger partial charge in [-0.15, -0.1) is 0 Å². The Kier molecular flexibility index (Phi) is 5.13. The van der Waals surface area contributed by atoms with E-state index in [4.69, 9.17) is 9.84 Å². The third-order valence-electron chi connectivity index (χ3n) is 3.75. The molecule has 2 amide bonds. The number of carbonyl (C=O) groups is 2. The van der Waals surface area contributed by atoms with Crippen LogP contribution in [0, 0.1) is 10.1 Å². The fourth-order valence-corrected chi connectivity index (χ4v) is 2.51. The van der Waals surface area contributed by atoms with Crippen molar-refractivity contribution >= 4 is 23.2 Å². The standard InChI is InChI=1S/C18H15N3O6/c22-9-8-20-17(23)11-15(18(20)24)19-14-7-6-13(10-16(14)21(25)26)27-12-4-2-1-3-5-12/h1-7,10-11,19,22H,8-9H2. The Bertz CT molecular complexity index is 926. The van der Waals surface area contributed by atoms with E-state index in [-0.39, 0.29) is 36.0 Å². The summed E-state index contributed by atoms with van der Waals surface area (Å²) in [4.78, 5) is 35.6. The number of imide groups is 1. The number of nitro benzene ring substituents is 1. The Morgan fingerprint density at radius 2 is 1.85 bits per heavy atom. The lowest BCUT2D eigenvalue weighted by Gasteiger charge is -2.13. The Morgan fingerprint density at radius 1 is 1.11 bits per heavy atom. The second kappa shape index (κ2) is 7.67. The van der Waals surface area contributed by atoms with Crippen LogP contribution in [0.4, 0.5) is 11.4 Å². The molecule has 2 aromatic carbocycles. The number of aliphatic hydroxyl groups is 1. The number of rotatable bonds is 7. The minimum Gasteiger partial charge on any atom is -0.457 e. The average Bonchev–Trinajstić information content (AvgIpc) is 2.91. The highest BCUT2D eigenvalue weighted by Gasteiger charge is 2.31. The first kappa shape index (κ1) is 18.1. The molecule has 27 heavy (non-hydrogen) atoms. The number of aliphatic hydroxyl groups excluding tert-OH is 1. The lowest BCUT2D eigenvalue weighted by atomic mass is 10.2. The van der Waals surface area contributed by atoms with Crippen molar-refractivity contribution in [3.05, 3.63) is 70.4 Å². The van der Waals surface area contributed by atoms with Crippen molar-refractivity contribution in [2.75, 3.05) is 18.5 Å². The number of anilines is 1. The smallest absolute Gasteiger partial charge is 0.296 e. The summed E-state index contributed by atoms with van der Waals surface area (Å²) >= 11 is 0. The van der Waals surface area contributed by atoms with Crippen molar-refractivity contribution in [1.29, 1.82) is 0 Å². The Morgan fingerprint density at radius 3 is 2.52 bits per heavy atom. The molecule has 0 radical (unpaired) electrons. The van der Waals surface area contributed by atoms with Crippen molar-refractivity contribution < 1.29 is 24.4 Å². The van der Waals surface area contributed by atoms with Gasteiger partial charge in [-0.2, -0.15) is 0 Å². The van der Waals surface area contributed by atoms with Gasteiger partial charge >= 0.3 is 0 Å². The molecule has 1 heterocycles. The molecule has 1 aliphatic rings. The van der Waals surface area contributed by atoms with Crippen molar-refractivity contribution in [3.8, 4) is 11.5 Å². The summed E-state index contributed by atoms with van der Waals surface area (Å²) in [5, 5.41) is 22.9. The number of para-hydroxylation sites is 1. The first-order valence-electron chi connectivity index (χ1n) is 7.96. The molecule has 0 atom stereocenters. The predicted octanol–water partition coefficient (Wildman–Crippen LogP) is 2.04. The Labute approximate surface area is 153 Å². The highest BCUT2D eigenvalue weighted by atomic mass is 16.6. The van der Waals surface area contributed by atoms with Gasteiger partial charge in [0.1, 0.15) is 22.9 Å². The van der Waals surface area contributed by atoms with E-state index in [1.54, 1.807) is 24.3 Å². The second-order valence-electron chi connectivity index (χ2n) is 5.55. The number of β-amino-alcohol motifs (C(OH)–C–C–N with tert-alkyl or cyclic N) is 1. The number of amides is 2. The van der Waals surface area contributed by atoms with Crippen LogP contribution in [0.15, 0.2) is 60.3 Å². The van der Waals surface area contributed by atoms with E-state index in [0.717, 1.165) is 11.0 Å². The van der Waals surface area contributed by atoms with Gasteiger partial charge in [0.2, 0.25) is 0 Å². The van der Waals surface area contributed by atoms with E-state index in [0.29, 0.717) is 5.75 Å². The summed E-state index contributed by atoms with van der Waals surface area (Å²) in [5.74, 6) is -0.481. The van der Waals surface area contributed by atoms with Gasteiger partial charge in [0.15, 0.2) is 0 Å². The van der Waals surface area contributed by atoms with Crippen molar-refractivity contribution in [1.82, 2.24) is 4.90 Å². The third-order valence-corrected chi connectivity index (χ3v) is 3.75. The zero-order valence-electron chi connectivity index (χ0n) is 14.0. The minimum absolute atomic E-state index is 0.0404. The predicted molar refractivity (Wildman–Crippen MR) is 95.1 cm³/mol. The van der Waals surface area contributed by atoms with E-state index in [2.05, 4.69) is 5.32 Å². The van der Waals surface area contributed by atoms with Crippen molar-refractivity contribution in [2.45, 2.75) is 0 Å². The number of hydrogen-bond donors (Lipinski definition) is 2. The molecule has 0 saturated carbocycles. The first-order chi connectivity index (χ1) is 13.0. The van der Waals surface area contributed by atoms with Crippen LogP contribution in [-0.4, -0.2) is 39.9 Å². The van der Waals surface area contributed by atoms with Crippen molar-refractivity contribution in [3.63, 3.8) is 0 Å². The summed E-state index contributed by atoms with van der Waals surface area (Å²) < 4.78 is 5.58. The fourth-order valence-electron chi connectivity index (χ4n) is 2.51. The highest BCUT2D eigenvalue weighted by molar-refractivity contribution is 6.17. The molecular formula is C18H15N3O6. The normalized spacial score (nSPS) is 13.5. The maximum Gasteiger partial charge on any atom is 0.296 e. The number of ether oxygens (including phenoxy) is 1. The maximum atomic E-state index is 12.2. The van der Waals surface area contributed by atoms with E-state index in [1.807, 2.05) is 6.07 Å². The molecule has 138 valence electrons. The third kappa shape index (κ3) is 3.93. The Hall–Kier alpha value is -3.72. The maximum absolute atomic E-state index is 12.2. The summed E-state index contributed by atoms with van der Waals surface area (Å²) in [6.07, 6.45) is 1.04. The molecular weight excluding hydrogens is 354 g/mol. The molecule has 0 bridgehead atoms. The van der Waals surface area contributed by atoms with Crippen LogP contribution < -0.4 is 10.1 Å². The number of nitrogens with one attached hydrogen (secondary N) is 1. The lowest BCUT2D eigenvalue weighted by Crippen LogP contribution is -2.34. The summed E-state index contributed by atoms with van der Waals surface area (Å²) in [6, 6.07) is 12.9. The van der Waals surface area contributed by atoms with Gasteiger partial charge in [0.05, 0.1) is 24.1 Å². The molecule has 0 aromatic heterocycles. The Balaban J connectivity index is 1.84. The van der Waals surface area contributed by atoms with E-state index < -0.39 is 16.7 Å². The van der Waals surface area contributed by atoms with Gasteiger partial charge in [-0.25, -0.2) is 0 Å². The first-order valence-corrected chi connectivity index (χ1v) is 7.96. The molecule has 1 aliphatic heterocycles. The molecule has 9 heteroatoms. The highest BCUT2D eigenvalue weighted by Crippen LogP contribution is 2.33. The van der Waals surface area contributed by atoms with Crippen LogP contribution in [0.1, 0.15) is 0 Å². The minimum atomic E-state index is -0.659. The van der Waals surface area contributed by atoms with E-state index in [1.165, 1.54) is 18.2 Å². The van der Waals surface area contributed by atoms with Gasteiger partial charge in [-0.3, -0.25) is 24.6 Å². The molecule has 0 saturated heterocycles. The van der Waals surface area contributed by atoms with Crippen LogP contribution >= 0.6 is 0 Å². The molecule has 9 nitrogen and oxygen atoms in total.